The number of carbonyl (C=O) groups is 1. The van der Waals surface area contributed by atoms with Crippen LogP contribution in [0.1, 0.15) is 29.3 Å². The predicted molar refractivity (Wildman–Crippen MR) is 88.2 cm³/mol. The highest BCUT2D eigenvalue weighted by Gasteiger charge is 2.22. The number of carbonyl (C=O) groups excluding carboxylic acids is 1. The molecule has 0 saturated carbocycles. The summed E-state index contributed by atoms with van der Waals surface area (Å²) in [6.45, 7) is 1.56. The van der Waals surface area contributed by atoms with Crippen molar-refractivity contribution in [3.05, 3.63) is 59.7 Å². The van der Waals surface area contributed by atoms with Crippen molar-refractivity contribution in [3.63, 3.8) is 0 Å². The standard InChI is InChI=1S/C18H15FN2O5/c1-10(25-18(23)14-8-7-13(24-2)9-15(14)22)16-20-21-17(26-16)11-3-5-12(19)6-4-11/h3-10,22H,1-2H3/t10-/m1/s1. The maximum absolute atomic E-state index is 13.0. The topological polar surface area (TPSA) is 94.7 Å². The van der Waals surface area contributed by atoms with Crippen LogP contribution in [0.25, 0.3) is 11.5 Å². The maximum atomic E-state index is 13.0. The smallest absolute Gasteiger partial charge is 0.342 e. The summed E-state index contributed by atoms with van der Waals surface area (Å²) in [5, 5.41) is 17.6. The lowest BCUT2D eigenvalue weighted by molar-refractivity contribution is 0.0276. The largest absolute Gasteiger partial charge is 0.507 e. The SMILES string of the molecule is COc1ccc(C(=O)O[C@H](C)c2nnc(-c3ccc(F)cc3)o2)c(O)c1. The van der Waals surface area contributed by atoms with Crippen LogP contribution in [0.3, 0.4) is 0 Å². The number of aromatic nitrogens is 2. The van der Waals surface area contributed by atoms with Crippen molar-refractivity contribution in [2.75, 3.05) is 7.11 Å². The van der Waals surface area contributed by atoms with E-state index in [0.717, 1.165) is 0 Å². The molecule has 0 fully saturated rings. The van der Waals surface area contributed by atoms with E-state index in [2.05, 4.69) is 10.2 Å². The molecule has 7 nitrogen and oxygen atoms in total. The Morgan fingerprint density at radius 3 is 2.58 bits per heavy atom. The van der Waals surface area contributed by atoms with Gasteiger partial charge in [0.05, 0.1) is 7.11 Å². The first-order valence-electron chi connectivity index (χ1n) is 7.65. The van der Waals surface area contributed by atoms with Crippen molar-refractivity contribution >= 4 is 5.97 Å². The Labute approximate surface area is 148 Å². The monoisotopic (exact) mass is 358 g/mol. The van der Waals surface area contributed by atoms with Gasteiger partial charge >= 0.3 is 5.97 Å². The molecule has 0 unspecified atom stereocenters. The molecule has 0 spiro atoms. The van der Waals surface area contributed by atoms with Gasteiger partial charge in [-0.05, 0) is 43.3 Å². The Morgan fingerprint density at radius 2 is 1.92 bits per heavy atom. The van der Waals surface area contributed by atoms with Crippen molar-refractivity contribution < 1.29 is 28.2 Å². The molecule has 1 atom stereocenters. The zero-order valence-corrected chi connectivity index (χ0v) is 14.0. The molecule has 2 aromatic carbocycles. The third kappa shape index (κ3) is 3.64. The number of nitrogens with zero attached hydrogens (tertiary/aromatic N) is 2. The maximum Gasteiger partial charge on any atom is 0.342 e. The third-order valence-electron chi connectivity index (χ3n) is 3.59. The van der Waals surface area contributed by atoms with Gasteiger partial charge in [-0.3, -0.25) is 0 Å². The second kappa shape index (κ2) is 7.22. The quantitative estimate of drug-likeness (QED) is 0.697. The predicted octanol–water partition coefficient (Wildman–Crippen LogP) is 3.51. The van der Waals surface area contributed by atoms with Crippen LogP contribution < -0.4 is 4.74 Å². The number of phenolic OH excluding ortho intramolecular Hbond substituents is 1. The molecule has 134 valence electrons. The number of methoxy groups -OCH3 is 1. The van der Waals surface area contributed by atoms with Crippen LogP contribution in [0.2, 0.25) is 0 Å². The summed E-state index contributed by atoms with van der Waals surface area (Å²) in [7, 11) is 1.45. The van der Waals surface area contributed by atoms with Crippen molar-refractivity contribution in [2.24, 2.45) is 0 Å². The van der Waals surface area contributed by atoms with E-state index in [1.165, 1.54) is 49.6 Å². The number of esters is 1. The van der Waals surface area contributed by atoms with Crippen LogP contribution in [0, 0.1) is 5.82 Å². The van der Waals surface area contributed by atoms with Crippen molar-refractivity contribution in [2.45, 2.75) is 13.0 Å². The van der Waals surface area contributed by atoms with E-state index in [1.807, 2.05) is 0 Å². The lowest BCUT2D eigenvalue weighted by Crippen LogP contribution is -2.10. The third-order valence-corrected chi connectivity index (χ3v) is 3.59. The number of hydrogen-bond acceptors (Lipinski definition) is 7. The van der Waals surface area contributed by atoms with Crippen molar-refractivity contribution in [1.29, 1.82) is 0 Å². The average Bonchev–Trinajstić information content (AvgIpc) is 3.12. The second-order valence-corrected chi connectivity index (χ2v) is 5.38. The minimum Gasteiger partial charge on any atom is -0.507 e. The fourth-order valence-corrected chi connectivity index (χ4v) is 2.19. The van der Waals surface area contributed by atoms with E-state index in [4.69, 9.17) is 13.9 Å². The van der Waals surface area contributed by atoms with Gasteiger partial charge in [-0.25, -0.2) is 9.18 Å². The number of hydrogen-bond donors (Lipinski definition) is 1. The molecule has 1 aromatic heterocycles. The number of phenols is 1. The molecule has 1 heterocycles. The number of rotatable bonds is 5. The minimum absolute atomic E-state index is 0.0177. The molecule has 1 N–H and O–H groups in total. The molecule has 0 aliphatic rings. The Kier molecular flexibility index (Phi) is 4.83. The molecule has 0 amide bonds. The molecular weight excluding hydrogens is 343 g/mol. The Bertz CT molecular complexity index is 924. The fraction of sp³-hybridized carbons (Fsp3) is 0.167. The minimum atomic E-state index is -0.842. The summed E-state index contributed by atoms with van der Waals surface area (Å²) in [6, 6.07) is 9.77. The van der Waals surface area contributed by atoms with Crippen molar-refractivity contribution in [3.8, 4) is 23.0 Å². The summed E-state index contributed by atoms with van der Waals surface area (Å²) in [4.78, 5) is 12.2. The van der Waals surface area contributed by atoms with Gasteiger partial charge < -0.3 is 19.0 Å². The first-order chi connectivity index (χ1) is 12.5. The first kappa shape index (κ1) is 17.4. The molecule has 3 rings (SSSR count). The molecule has 0 aliphatic heterocycles. The highest BCUT2D eigenvalue weighted by atomic mass is 19.1. The van der Waals surface area contributed by atoms with Crippen LogP contribution in [0.5, 0.6) is 11.5 Å². The zero-order chi connectivity index (χ0) is 18.7. The van der Waals surface area contributed by atoms with Gasteiger partial charge in [0.2, 0.25) is 5.89 Å². The van der Waals surface area contributed by atoms with E-state index < -0.39 is 12.1 Å². The van der Waals surface area contributed by atoms with Crippen LogP contribution in [0.4, 0.5) is 4.39 Å². The highest BCUT2D eigenvalue weighted by molar-refractivity contribution is 5.92. The summed E-state index contributed by atoms with van der Waals surface area (Å²) < 4.78 is 28.7. The summed E-state index contributed by atoms with van der Waals surface area (Å²) >= 11 is 0. The number of halogens is 1. The Morgan fingerprint density at radius 1 is 1.19 bits per heavy atom. The van der Waals surface area contributed by atoms with E-state index in [0.29, 0.717) is 11.3 Å². The Hall–Kier alpha value is -3.42. The molecule has 8 heteroatoms. The molecule has 0 bridgehead atoms. The van der Waals surface area contributed by atoms with Gasteiger partial charge in [0.15, 0.2) is 6.10 Å². The number of benzene rings is 2. The normalized spacial score (nSPS) is 11.8. The van der Waals surface area contributed by atoms with Crippen LogP contribution in [-0.2, 0) is 4.74 Å². The van der Waals surface area contributed by atoms with E-state index in [-0.39, 0.29) is 28.9 Å². The number of aromatic hydroxyl groups is 1. The molecule has 0 aliphatic carbocycles. The summed E-state index contributed by atoms with van der Waals surface area (Å²) in [5.41, 5.74) is 0.521. The van der Waals surface area contributed by atoms with Crippen LogP contribution in [-0.4, -0.2) is 28.4 Å². The number of ether oxygens (including phenoxy) is 2. The van der Waals surface area contributed by atoms with E-state index in [9.17, 15) is 14.3 Å². The average molecular weight is 358 g/mol. The molecule has 3 aromatic rings. The van der Waals surface area contributed by atoms with Crippen molar-refractivity contribution in [1.82, 2.24) is 10.2 Å². The first-order valence-corrected chi connectivity index (χ1v) is 7.65. The Balaban J connectivity index is 1.73. The zero-order valence-electron chi connectivity index (χ0n) is 14.0. The van der Waals surface area contributed by atoms with Gasteiger partial charge in [-0.1, -0.05) is 0 Å². The molecule has 0 saturated heterocycles. The van der Waals surface area contributed by atoms with Crippen LogP contribution >= 0.6 is 0 Å². The summed E-state index contributed by atoms with van der Waals surface area (Å²) in [5.74, 6) is -0.734. The fourth-order valence-electron chi connectivity index (χ4n) is 2.19. The second-order valence-electron chi connectivity index (χ2n) is 5.38. The van der Waals surface area contributed by atoms with Gasteiger partial charge in [-0.15, -0.1) is 10.2 Å². The lowest BCUT2D eigenvalue weighted by atomic mass is 10.2. The summed E-state index contributed by atoms with van der Waals surface area (Å²) in [6.07, 6.45) is -0.842. The lowest BCUT2D eigenvalue weighted by Gasteiger charge is -2.11. The molecule has 0 radical (unpaired) electrons. The van der Waals surface area contributed by atoms with E-state index >= 15 is 0 Å². The van der Waals surface area contributed by atoms with E-state index in [1.54, 1.807) is 6.92 Å². The van der Waals surface area contributed by atoms with Gasteiger partial charge in [0.25, 0.3) is 5.89 Å². The highest BCUT2D eigenvalue weighted by Crippen LogP contribution is 2.27. The molecular formula is C18H15FN2O5. The van der Waals surface area contributed by atoms with Gasteiger partial charge in [0, 0.05) is 11.6 Å². The van der Waals surface area contributed by atoms with Gasteiger partial charge in [0.1, 0.15) is 22.9 Å². The van der Waals surface area contributed by atoms with Crippen LogP contribution in [0.15, 0.2) is 46.9 Å². The molecule has 26 heavy (non-hydrogen) atoms. The van der Waals surface area contributed by atoms with Gasteiger partial charge in [-0.2, -0.15) is 0 Å².